The van der Waals surface area contributed by atoms with Crippen LogP contribution in [-0.4, -0.2) is 45.5 Å². The number of rotatable bonds is 9. The van der Waals surface area contributed by atoms with E-state index in [2.05, 4.69) is 21.9 Å². The zero-order valence-corrected chi connectivity index (χ0v) is 19.0. The Hall–Kier alpha value is -2.29. The first kappa shape index (κ1) is 24.0. The van der Waals surface area contributed by atoms with E-state index in [-0.39, 0.29) is 0 Å². The summed E-state index contributed by atoms with van der Waals surface area (Å²) in [6, 6.07) is 9.85. The lowest BCUT2D eigenvalue weighted by Crippen LogP contribution is -2.11. The van der Waals surface area contributed by atoms with Crippen molar-refractivity contribution < 1.29 is 13.7 Å². The molecule has 2 heterocycles. The summed E-state index contributed by atoms with van der Waals surface area (Å²) in [7, 11) is 0.371. The number of H-pyrrole nitrogens is 1. The molecule has 1 aromatic carbocycles. The molecule has 0 radical (unpaired) electrons. The minimum Gasteiger partial charge on any atom is -0.493 e. The molecule has 2 aromatic heterocycles. The van der Waals surface area contributed by atoms with E-state index in [1.54, 1.807) is 13.3 Å². The number of ether oxygens (including phenoxy) is 2. The van der Waals surface area contributed by atoms with Crippen LogP contribution in [0.5, 0.6) is 5.75 Å². The van der Waals surface area contributed by atoms with Gasteiger partial charge in [-0.05, 0) is 38.5 Å². The van der Waals surface area contributed by atoms with Crippen LogP contribution in [0, 0.1) is 6.92 Å². The molecule has 3 rings (SSSR count). The van der Waals surface area contributed by atoms with Crippen LogP contribution in [0.4, 0.5) is 0 Å². The maximum Gasteiger partial charge on any atom is 0.197 e. The molecule has 8 heteroatoms. The molecule has 2 atom stereocenters. The van der Waals surface area contributed by atoms with Gasteiger partial charge in [-0.25, -0.2) is 4.98 Å². The predicted molar refractivity (Wildman–Crippen MR) is 121 cm³/mol. The lowest BCUT2D eigenvalue weighted by atomic mass is 10.2. The zero-order valence-electron chi connectivity index (χ0n) is 18.2. The monoisotopic (exact) mass is 432 g/mol. The molecule has 0 bridgehead atoms. The van der Waals surface area contributed by atoms with E-state index < -0.39 is 10.8 Å². The molecule has 7 nitrogen and oxygen atoms in total. The fraction of sp³-hybridized carbons (Fsp3) is 0.455. The average Bonchev–Trinajstić information content (AvgIpc) is 3.18. The van der Waals surface area contributed by atoms with Gasteiger partial charge >= 0.3 is 0 Å². The number of nitrogens with zero attached hydrogens (tertiary/aromatic N) is 2. The quantitative estimate of drug-likeness (QED) is 0.499. The third kappa shape index (κ3) is 7.19. The standard InChI is InChI=1S/C18H21N3O3S.C4H11N/c1-13-16(19-9-8-17(13)24-11-5-10-23-2)12-25(22)18-20-14-6-3-4-7-15(14)21-18;1-3-4(2)5/h3-4,6-9H,5,10-12H2,1-2H3,(H,20,21);4H,3,5H2,1-2H3. The SMILES string of the molecule is CCC(C)N.COCCCOc1ccnc(CS(=O)c2nc3ccccc3[nH]2)c1C. The van der Waals surface area contributed by atoms with Crippen molar-refractivity contribution in [3.05, 3.63) is 47.8 Å². The molecule has 0 aliphatic carbocycles. The molecule has 3 N–H and O–H groups in total. The van der Waals surface area contributed by atoms with E-state index >= 15 is 0 Å². The Morgan fingerprint density at radius 1 is 1.23 bits per heavy atom. The maximum atomic E-state index is 12.7. The van der Waals surface area contributed by atoms with Crippen molar-refractivity contribution in [1.29, 1.82) is 0 Å². The smallest absolute Gasteiger partial charge is 0.197 e. The van der Waals surface area contributed by atoms with Gasteiger partial charge in [-0.2, -0.15) is 0 Å². The summed E-state index contributed by atoms with van der Waals surface area (Å²) in [5, 5.41) is 0.466. The Morgan fingerprint density at radius 3 is 2.63 bits per heavy atom. The van der Waals surface area contributed by atoms with Crippen LogP contribution < -0.4 is 10.5 Å². The number of pyridine rings is 1. The lowest BCUT2D eigenvalue weighted by molar-refractivity contribution is 0.172. The Morgan fingerprint density at radius 2 is 1.97 bits per heavy atom. The van der Waals surface area contributed by atoms with Crippen molar-refractivity contribution in [2.45, 2.75) is 50.6 Å². The van der Waals surface area contributed by atoms with Gasteiger partial charge in [0.1, 0.15) is 5.75 Å². The second-order valence-electron chi connectivity index (χ2n) is 7.01. The Balaban J connectivity index is 0.000000575. The van der Waals surface area contributed by atoms with E-state index in [0.717, 1.165) is 40.9 Å². The van der Waals surface area contributed by atoms with E-state index in [4.69, 9.17) is 15.2 Å². The molecule has 2 unspecified atom stereocenters. The van der Waals surface area contributed by atoms with Crippen molar-refractivity contribution in [2.24, 2.45) is 5.73 Å². The molecule has 0 aliphatic rings. The molecule has 0 saturated carbocycles. The number of nitrogens with one attached hydrogen (secondary N) is 1. The van der Waals surface area contributed by atoms with Crippen molar-refractivity contribution in [1.82, 2.24) is 15.0 Å². The molecule has 0 saturated heterocycles. The number of fused-ring (bicyclic) bond motifs is 1. The molecule has 3 aromatic rings. The van der Waals surface area contributed by atoms with E-state index in [9.17, 15) is 4.21 Å². The summed E-state index contributed by atoms with van der Waals surface area (Å²) in [5.74, 6) is 1.06. The van der Waals surface area contributed by atoms with Crippen LogP contribution in [0.3, 0.4) is 0 Å². The van der Waals surface area contributed by atoms with Crippen molar-refractivity contribution in [3.63, 3.8) is 0 Å². The molecule has 0 fully saturated rings. The molecular formula is C22H32N4O3S. The third-order valence-electron chi connectivity index (χ3n) is 4.50. The van der Waals surface area contributed by atoms with Crippen molar-refractivity contribution in [2.75, 3.05) is 20.3 Å². The molecule has 0 aliphatic heterocycles. The number of aromatic amines is 1. The van der Waals surface area contributed by atoms with Crippen LogP contribution in [0.15, 0.2) is 41.7 Å². The predicted octanol–water partition coefficient (Wildman–Crippen LogP) is 3.73. The second-order valence-corrected chi connectivity index (χ2v) is 8.38. The second kappa shape index (κ2) is 12.4. The Kier molecular flexibility index (Phi) is 9.93. The fourth-order valence-electron chi connectivity index (χ4n) is 2.48. The fourth-order valence-corrected chi connectivity index (χ4v) is 3.58. The zero-order chi connectivity index (χ0) is 21.9. The number of methoxy groups -OCH3 is 1. The molecular weight excluding hydrogens is 400 g/mol. The lowest BCUT2D eigenvalue weighted by Gasteiger charge is -2.11. The number of imidazole rings is 1. The summed E-state index contributed by atoms with van der Waals surface area (Å²) in [4.78, 5) is 11.9. The molecule has 0 amide bonds. The van der Waals surface area contributed by atoms with E-state index in [1.165, 1.54) is 0 Å². The first-order valence-corrected chi connectivity index (χ1v) is 11.4. The number of aromatic nitrogens is 3. The van der Waals surface area contributed by atoms with Gasteiger partial charge in [0.25, 0.3) is 0 Å². The van der Waals surface area contributed by atoms with Crippen LogP contribution in [0.2, 0.25) is 0 Å². The van der Waals surface area contributed by atoms with E-state index in [1.807, 2.05) is 44.2 Å². The summed E-state index contributed by atoms with van der Waals surface area (Å²) >= 11 is 0. The molecule has 0 spiro atoms. The number of hydrogen-bond donors (Lipinski definition) is 2. The van der Waals surface area contributed by atoms with Crippen LogP contribution in [0.25, 0.3) is 11.0 Å². The summed E-state index contributed by atoms with van der Waals surface area (Å²) in [6.45, 7) is 7.24. The third-order valence-corrected chi connectivity index (χ3v) is 5.66. The highest BCUT2D eigenvalue weighted by Crippen LogP contribution is 2.22. The van der Waals surface area contributed by atoms with Gasteiger partial charge in [-0.3, -0.25) is 9.19 Å². The van der Waals surface area contributed by atoms with Gasteiger partial charge in [0.15, 0.2) is 5.16 Å². The number of para-hydroxylation sites is 2. The summed E-state index contributed by atoms with van der Waals surface area (Å²) in [5.41, 5.74) is 8.64. The Bertz CT molecular complexity index is 910. The number of hydrogen-bond acceptors (Lipinski definition) is 6. The number of nitrogens with two attached hydrogens (primary N) is 1. The van der Waals surface area contributed by atoms with Gasteiger partial charge in [-0.15, -0.1) is 0 Å². The molecule has 30 heavy (non-hydrogen) atoms. The minimum absolute atomic E-state index is 0.293. The van der Waals surface area contributed by atoms with Gasteiger partial charge in [0.05, 0.1) is 39.9 Å². The van der Waals surface area contributed by atoms with Crippen molar-refractivity contribution in [3.8, 4) is 5.75 Å². The van der Waals surface area contributed by atoms with Crippen LogP contribution in [-0.2, 0) is 21.3 Å². The van der Waals surface area contributed by atoms with Gasteiger partial charge < -0.3 is 20.2 Å². The van der Waals surface area contributed by atoms with Crippen LogP contribution >= 0.6 is 0 Å². The Labute approximate surface area is 180 Å². The average molecular weight is 433 g/mol. The van der Waals surface area contributed by atoms with Gasteiger partial charge in [-0.1, -0.05) is 19.1 Å². The minimum atomic E-state index is -1.30. The highest BCUT2D eigenvalue weighted by atomic mass is 32.2. The summed E-state index contributed by atoms with van der Waals surface area (Å²) in [6.07, 6.45) is 3.59. The summed E-state index contributed by atoms with van der Waals surface area (Å²) < 4.78 is 23.5. The normalized spacial score (nSPS) is 12.8. The van der Waals surface area contributed by atoms with Gasteiger partial charge in [0.2, 0.25) is 0 Å². The molecule has 164 valence electrons. The van der Waals surface area contributed by atoms with Gasteiger partial charge in [0, 0.05) is 37.9 Å². The van der Waals surface area contributed by atoms with Crippen molar-refractivity contribution >= 4 is 21.8 Å². The number of benzene rings is 1. The highest BCUT2D eigenvalue weighted by molar-refractivity contribution is 7.84. The van der Waals surface area contributed by atoms with E-state index in [0.29, 0.717) is 30.2 Å². The first-order chi connectivity index (χ1) is 14.5. The van der Waals surface area contributed by atoms with Crippen LogP contribution in [0.1, 0.15) is 37.9 Å². The largest absolute Gasteiger partial charge is 0.493 e. The maximum absolute atomic E-state index is 12.7. The first-order valence-electron chi connectivity index (χ1n) is 10.1. The highest BCUT2D eigenvalue weighted by Gasteiger charge is 2.14. The topological polar surface area (TPSA) is 103 Å².